The number of alkyl halides is 1. The SMILES string of the molecule is CC(N)CN1NNC(Cl)C=C1Cl. The Hall–Kier alpha value is -0.0000000000000000555. The van der Waals surface area contributed by atoms with Crippen molar-refractivity contribution in [1.29, 1.82) is 0 Å². The lowest BCUT2D eigenvalue weighted by Crippen LogP contribution is -2.54. The fourth-order valence-electron chi connectivity index (χ4n) is 0.866. The predicted molar refractivity (Wildman–Crippen MR) is 50.2 cm³/mol. The highest BCUT2D eigenvalue weighted by molar-refractivity contribution is 6.30. The standard InChI is InChI=1S/C6H12Cl2N4/c1-4(9)3-12-6(8)2-5(7)10-11-12/h2,4-5,10-11H,3,9H2,1H3. The molecule has 2 unspecified atom stereocenters. The van der Waals surface area contributed by atoms with Gasteiger partial charge in [-0.3, -0.25) is 5.01 Å². The summed E-state index contributed by atoms with van der Waals surface area (Å²) in [7, 11) is 0. The molecule has 0 bridgehead atoms. The van der Waals surface area contributed by atoms with Gasteiger partial charge in [0.15, 0.2) is 0 Å². The van der Waals surface area contributed by atoms with Gasteiger partial charge in [-0.15, -0.1) is 0 Å². The van der Waals surface area contributed by atoms with Crippen molar-refractivity contribution in [3.63, 3.8) is 0 Å². The van der Waals surface area contributed by atoms with Crippen LogP contribution in [-0.2, 0) is 0 Å². The maximum absolute atomic E-state index is 5.87. The maximum atomic E-state index is 5.87. The zero-order valence-electron chi connectivity index (χ0n) is 6.72. The van der Waals surface area contributed by atoms with E-state index in [1.54, 1.807) is 11.1 Å². The van der Waals surface area contributed by atoms with Gasteiger partial charge in [-0.1, -0.05) is 23.2 Å². The van der Waals surface area contributed by atoms with Gasteiger partial charge in [-0.05, 0) is 13.0 Å². The number of hydrazine groups is 2. The van der Waals surface area contributed by atoms with E-state index in [-0.39, 0.29) is 11.5 Å². The van der Waals surface area contributed by atoms with Gasteiger partial charge in [0.05, 0.1) is 6.54 Å². The molecule has 0 saturated heterocycles. The summed E-state index contributed by atoms with van der Waals surface area (Å²) in [6.07, 6.45) is 1.70. The van der Waals surface area contributed by atoms with E-state index in [9.17, 15) is 0 Å². The van der Waals surface area contributed by atoms with Crippen molar-refractivity contribution >= 4 is 23.2 Å². The molecule has 1 aliphatic heterocycles. The van der Waals surface area contributed by atoms with Gasteiger partial charge in [-0.25, -0.2) is 5.43 Å². The Morgan fingerprint density at radius 1 is 1.83 bits per heavy atom. The van der Waals surface area contributed by atoms with Crippen LogP contribution < -0.4 is 16.7 Å². The summed E-state index contributed by atoms with van der Waals surface area (Å²) in [4.78, 5) is 0. The van der Waals surface area contributed by atoms with E-state index in [2.05, 4.69) is 11.0 Å². The third-order valence-corrected chi connectivity index (χ3v) is 1.91. The van der Waals surface area contributed by atoms with E-state index in [1.165, 1.54) is 0 Å². The van der Waals surface area contributed by atoms with Crippen molar-refractivity contribution < 1.29 is 0 Å². The van der Waals surface area contributed by atoms with Crippen LogP contribution in [0, 0.1) is 0 Å². The second-order valence-corrected chi connectivity index (χ2v) is 3.59. The first-order chi connectivity index (χ1) is 5.59. The minimum absolute atomic E-state index is 0.0494. The first-order valence-corrected chi connectivity index (χ1v) is 4.46. The van der Waals surface area contributed by atoms with Crippen LogP contribution in [0.2, 0.25) is 0 Å². The van der Waals surface area contributed by atoms with Gasteiger partial charge >= 0.3 is 0 Å². The number of nitrogens with zero attached hydrogens (tertiary/aromatic N) is 1. The Morgan fingerprint density at radius 3 is 3.00 bits per heavy atom. The largest absolute Gasteiger partial charge is 0.326 e. The molecule has 0 aliphatic carbocycles. The molecule has 2 atom stereocenters. The highest BCUT2D eigenvalue weighted by Crippen LogP contribution is 2.12. The highest BCUT2D eigenvalue weighted by Gasteiger charge is 2.16. The first kappa shape index (κ1) is 10.1. The lowest BCUT2D eigenvalue weighted by molar-refractivity contribution is 0.192. The summed E-state index contributed by atoms with van der Waals surface area (Å²) in [6, 6.07) is 0.0494. The minimum atomic E-state index is -0.276. The molecule has 6 heteroatoms. The minimum Gasteiger partial charge on any atom is -0.326 e. The van der Waals surface area contributed by atoms with Gasteiger partial charge in [0.2, 0.25) is 0 Å². The molecule has 1 rings (SSSR count). The normalized spacial score (nSPS) is 26.8. The molecule has 0 radical (unpaired) electrons. The fourth-order valence-corrected chi connectivity index (χ4v) is 1.34. The van der Waals surface area contributed by atoms with E-state index in [0.29, 0.717) is 11.7 Å². The van der Waals surface area contributed by atoms with Crippen LogP contribution in [0.25, 0.3) is 0 Å². The Kier molecular flexibility index (Phi) is 3.61. The van der Waals surface area contributed by atoms with Crippen molar-refractivity contribution in [3.8, 4) is 0 Å². The number of nitrogens with one attached hydrogen (secondary N) is 2. The maximum Gasteiger partial charge on any atom is 0.119 e. The molecule has 0 aromatic heterocycles. The molecule has 1 heterocycles. The van der Waals surface area contributed by atoms with Crippen LogP contribution >= 0.6 is 23.2 Å². The van der Waals surface area contributed by atoms with E-state index in [4.69, 9.17) is 28.9 Å². The third-order valence-electron chi connectivity index (χ3n) is 1.35. The summed E-state index contributed by atoms with van der Waals surface area (Å²) < 4.78 is 0. The summed E-state index contributed by atoms with van der Waals surface area (Å²) >= 11 is 11.6. The average molecular weight is 211 g/mol. The Labute approximate surface area is 81.6 Å². The number of hydrogen-bond donors (Lipinski definition) is 3. The average Bonchev–Trinajstić information content (AvgIpc) is 1.94. The predicted octanol–water partition coefficient (Wildman–Crippen LogP) is 0.303. The van der Waals surface area contributed by atoms with Crippen LogP contribution in [0.3, 0.4) is 0 Å². The molecule has 0 aromatic carbocycles. The molecule has 1 aliphatic rings. The third kappa shape index (κ3) is 2.80. The van der Waals surface area contributed by atoms with Crippen molar-refractivity contribution in [2.45, 2.75) is 18.5 Å². The molecule has 0 saturated carbocycles. The van der Waals surface area contributed by atoms with Gasteiger partial charge in [-0.2, -0.15) is 5.53 Å². The molecule has 0 aromatic rings. The first-order valence-electron chi connectivity index (χ1n) is 3.65. The number of nitrogens with two attached hydrogens (primary N) is 1. The summed E-state index contributed by atoms with van der Waals surface area (Å²) in [5, 5.41) is 2.26. The van der Waals surface area contributed by atoms with Gasteiger partial charge < -0.3 is 5.73 Å². The molecule has 12 heavy (non-hydrogen) atoms. The number of halogens is 2. The Balaban J connectivity index is 2.51. The van der Waals surface area contributed by atoms with E-state index >= 15 is 0 Å². The zero-order chi connectivity index (χ0) is 9.14. The topological polar surface area (TPSA) is 53.3 Å². The lowest BCUT2D eigenvalue weighted by atomic mass is 10.3. The summed E-state index contributed by atoms with van der Waals surface area (Å²) in [5.74, 6) is 0. The molecule has 4 nitrogen and oxygen atoms in total. The number of rotatable bonds is 2. The molecular weight excluding hydrogens is 199 g/mol. The monoisotopic (exact) mass is 210 g/mol. The smallest absolute Gasteiger partial charge is 0.119 e. The molecular formula is C6H12Cl2N4. The second-order valence-electron chi connectivity index (χ2n) is 2.74. The van der Waals surface area contributed by atoms with Crippen molar-refractivity contribution in [3.05, 3.63) is 11.2 Å². The van der Waals surface area contributed by atoms with Crippen LogP contribution in [0.5, 0.6) is 0 Å². The second kappa shape index (κ2) is 4.30. The van der Waals surface area contributed by atoms with Crippen molar-refractivity contribution in [2.24, 2.45) is 5.73 Å². The van der Waals surface area contributed by atoms with Crippen LogP contribution in [0.4, 0.5) is 0 Å². The summed E-state index contributed by atoms with van der Waals surface area (Å²) in [6.45, 7) is 2.53. The van der Waals surface area contributed by atoms with Crippen molar-refractivity contribution in [2.75, 3.05) is 6.54 Å². The van der Waals surface area contributed by atoms with Crippen LogP contribution in [0.1, 0.15) is 6.92 Å². The molecule has 0 spiro atoms. The zero-order valence-corrected chi connectivity index (χ0v) is 8.23. The molecule has 0 amide bonds. The Bertz CT molecular complexity index is 182. The Morgan fingerprint density at radius 2 is 2.50 bits per heavy atom. The lowest BCUT2D eigenvalue weighted by Gasteiger charge is -2.31. The summed E-state index contributed by atoms with van der Waals surface area (Å²) in [5.41, 5.74) is 10.9. The molecule has 70 valence electrons. The fraction of sp³-hybridized carbons (Fsp3) is 0.667. The van der Waals surface area contributed by atoms with E-state index < -0.39 is 0 Å². The van der Waals surface area contributed by atoms with Gasteiger partial charge in [0, 0.05) is 6.04 Å². The molecule has 0 fully saturated rings. The van der Waals surface area contributed by atoms with Gasteiger partial charge in [0.25, 0.3) is 0 Å². The quantitative estimate of drug-likeness (QED) is 0.454. The van der Waals surface area contributed by atoms with Crippen molar-refractivity contribution in [1.82, 2.24) is 16.0 Å². The molecule has 4 N–H and O–H groups in total. The highest BCUT2D eigenvalue weighted by atomic mass is 35.5. The number of hydrogen-bond acceptors (Lipinski definition) is 4. The van der Waals surface area contributed by atoms with Crippen LogP contribution in [0.15, 0.2) is 11.2 Å². The van der Waals surface area contributed by atoms with Crippen LogP contribution in [-0.4, -0.2) is 23.1 Å². The van der Waals surface area contributed by atoms with E-state index in [0.717, 1.165) is 0 Å². The van der Waals surface area contributed by atoms with Gasteiger partial charge in [0.1, 0.15) is 10.7 Å². The van der Waals surface area contributed by atoms with E-state index in [1.807, 2.05) is 6.92 Å².